The van der Waals surface area contributed by atoms with Gasteiger partial charge in [0.15, 0.2) is 0 Å². The summed E-state index contributed by atoms with van der Waals surface area (Å²) in [6, 6.07) is 1.13. The van der Waals surface area contributed by atoms with Crippen LogP contribution in [0.5, 0.6) is 0 Å². The SMILES string of the molecule is CCCN1[C@@H]2CC[C@H]1CC(C(=O)O)C2. The number of carboxylic acids is 1. The van der Waals surface area contributed by atoms with E-state index in [1.54, 1.807) is 0 Å². The Labute approximate surface area is 85.1 Å². The highest BCUT2D eigenvalue weighted by Crippen LogP contribution is 2.38. The van der Waals surface area contributed by atoms with E-state index in [-0.39, 0.29) is 5.92 Å². The van der Waals surface area contributed by atoms with E-state index in [0.717, 1.165) is 19.4 Å². The van der Waals surface area contributed by atoms with Crippen molar-refractivity contribution in [2.45, 2.75) is 51.1 Å². The average Bonchev–Trinajstić information content (AvgIpc) is 2.40. The van der Waals surface area contributed by atoms with Gasteiger partial charge in [0, 0.05) is 12.1 Å². The molecule has 3 nitrogen and oxygen atoms in total. The third-order valence-corrected chi connectivity index (χ3v) is 3.72. The van der Waals surface area contributed by atoms with Crippen LogP contribution in [0, 0.1) is 5.92 Å². The summed E-state index contributed by atoms with van der Waals surface area (Å²) in [7, 11) is 0. The van der Waals surface area contributed by atoms with Crippen molar-refractivity contribution in [3.63, 3.8) is 0 Å². The van der Waals surface area contributed by atoms with Crippen LogP contribution in [-0.2, 0) is 4.79 Å². The van der Waals surface area contributed by atoms with Gasteiger partial charge < -0.3 is 5.11 Å². The predicted octanol–water partition coefficient (Wildman–Crippen LogP) is 1.72. The molecular formula is C11H19NO2. The van der Waals surface area contributed by atoms with Crippen LogP contribution in [0.2, 0.25) is 0 Å². The average molecular weight is 197 g/mol. The lowest BCUT2D eigenvalue weighted by Gasteiger charge is -2.37. The van der Waals surface area contributed by atoms with Crippen molar-refractivity contribution >= 4 is 5.97 Å². The van der Waals surface area contributed by atoms with Crippen LogP contribution in [-0.4, -0.2) is 34.6 Å². The third kappa shape index (κ3) is 1.65. The Hall–Kier alpha value is -0.570. The maximum absolute atomic E-state index is 10.9. The summed E-state index contributed by atoms with van der Waals surface area (Å²) in [5.41, 5.74) is 0. The number of hydrogen-bond donors (Lipinski definition) is 1. The zero-order valence-electron chi connectivity index (χ0n) is 8.78. The van der Waals surface area contributed by atoms with Crippen molar-refractivity contribution < 1.29 is 9.90 Å². The normalized spacial score (nSPS) is 37.4. The van der Waals surface area contributed by atoms with Gasteiger partial charge in [0.05, 0.1) is 5.92 Å². The van der Waals surface area contributed by atoms with Gasteiger partial charge in [0.1, 0.15) is 0 Å². The van der Waals surface area contributed by atoms with Gasteiger partial charge in [0.25, 0.3) is 0 Å². The minimum atomic E-state index is -0.585. The predicted molar refractivity (Wildman–Crippen MR) is 54.2 cm³/mol. The maximum atomic E-state index is 10.9. The van der Waals surface area contributed by atoms with E-state index in [0.29, 0.717) is 12.1 Å². The van der Waals surface area contributed by atoms with Gasteiger partial charge in [-0.25, -0.2) is 0 Å². The van der Waals surface area contributed by atoms with E-state index >= 15 is 0 Å². The molecule has 0 amide bonds. The first kappa shape index (κ1) is 9.97. The molecule has 2 bridgehead atoms. The molecule has 2 fully saturated rings. The minimum absolute atomic E-state index is 0.0689. The fraction of sp³-hybridized carbons (Fsp3) is 0.909. The highest BCUT2D eigenvalue weighted by atomic mass is 16.4. The Morgan fingerprint density at radius 2 is 1.93 bits per heavy atom. The molecule has 2 aliphatic heterocycles. The first-order valence-electron chi connectivity index (χ1n) is 5.71. The number of nitrogens with zero attached hydrogens (tertiary/aromatic N) is 1. The van der Waals surface area contributed by atoms with Gasteiger partial charge in [-0.2, -0.15) is 0 Å². The molecule has 3 atom stereocenters. The standard InChI is InChI=1S/C11H19NO2/c1-2-5-12-9-3-4-10(12)7-8(6-9)11(13)14/h8-10H,2-7H2,1H3,(H,13,14)/t8?,9-,10+. The van der Waals surface area contributed by atoms with Crippen LogP contribution in [0.15, 0.2) is 0 Å². The molecule has 0 aromatic carbocycles. The largest absolute Gasteiger partial charge is 0.481 e. The smallest absolute Gasteiger partial charge is 0.306 e. The van der Waals surface area contributed by atoms with Crippen molar-refractivity contribution in [3.8, 4) is 0 Å². The molecule has 0 spiro atoms. The van der Waals surface area contributed by atoms with Crippen molar-refractivity contribution in [2.24, 2.45) is 5.92 Å². The first-order valence-corrected chi connectivity index (χ1v) is 5.71. The van der Waals surface area contributed by atoms with Crippen molar-refractivity contribution in [3.05, 3.63) is 0 Å². The van der Waals surface area contributed by atoms with Crippen LogP contribution in [0.25, 0.3) is 0 Å². The molecule has 0 saturated carbocycles. The van der Waals surface area contributed by atoms with Crippen LogP contribution < -0.4 is 0 Å². The zero-order chi connectivity index (χ0) is 10.1. The van der Waals surface area contributed by atoms with Crippen molar-refractivity contribution in [1.82, 2.24) is 4.90 Å². The van der Waals surface area contributed by atoms with Crippen molar-refractivity contribution in [1.29, 1.82) is 0 Å². The van der Waals surface area contributed by atoms with Gasteiger partial charge in [-0.1, -0.05) is 6.92 Å². The summed E-state index contributed by atoms with van der Waals surface area (Å²) in [6.07, 6.45) is 5.38. The third-order valence-electron chi connectivity index (χ3n) is 3.72. The molecule has 0 aromatic heterocycles. The quantitative estimate of drug-likeness (QED) is 0.749. The number of aliphatic carboxylic acids is 1. The maximum Gasteiger partial charge on any atom is 0.306 e. The van der Waals surface area contributed by atoms with Gasteiger partial charge in [-0.3, -0.25) is 9.69 Å². The van der Waals surface area contributed by atoms with E-state index in [4.69, 9.17) is 5.11 Å². The lowest BCUT2D eigenvalue weighted by Crippen LogP contribution is -2.44. The Kier molecular flexibility index (Phi) is 2.77. The molecule has 1 unspecified atom stereocenters. The summed E-state index contributed by atoms with van der Waals surface area (Å²) in [6.45, 7) is 3.35. The lowest BCUT2D eigenvalue weighted by atomic mass is 9.91. The number of carbonyl (C=O) groups is 1. The monoisotopic (exact) mass is 197 g/mol. The second kappa shape index (κ2) is 3.89. The van der Waals surface area contributed by atoms with Crippen LogP contribution in [0.3, 0.4) is 0 Å². The molecule has 3 heteroatoms. The lowest BCUT2D eigenvalue weighted by molar-refractivity contribution is -0.144. The van der Waals surface area contributed by atoms with E-state index in [1.807, 2.05) is 0 Å². The molecule has 2 rings (SSSR count). The first-order chi connectivity index (χ1) is 6.72. The summed E-state index contributed by atoms with van der Waals surface area (Å²) in [5, 5.41) is 9.00. The van der Waals surface area contributed by atoms with E-state index in [1.165, 1.54) is 19.3 Å². The van der Waals surface area contributed by atoms with Gasteiger partial charge >= 0.3 is 5.97 Å². The molecule has 80 valence electrons. The topological polar surface area (TPSA) is 40.5 Å². The summed E-state index contributed by atoms with van der Waals surface area (Å²) < 4.78 is 0. The molecule has 0 aliphatic carbocycles. The molecule has 0 radical (unpaired) electrons. The van der Waals surface area contributed by atoms with Gasteiger partial charge in [-0.15, -0.1) is 0 Å². The second-order valence-electron chi connectivity index (χ2n) is 4.63. The molecule has 2 heterocycles. The fourth-order valence-electron chi connectivity index (χ4n) is 3.10. The number of piperidine rings is 1. The summed E-state index contributed by atoms with van der Waals surface area (Å²) in [4.78, 5) is 13.5. The van der Waals surface area contributed by atoms with Gasteiger partial charge in [-0.05, 0) is 38.6 Å². The van der Waals surface area contributed by atoms with E-state index in [9.17, 15) is 4.79 Å². The number of fused-ring (bicyclic) bond motifs is 2. The Morgan fingerprint density at radius 1 is 1.36 bits per heavy atom. The molecule has 2 aliphatic rings. The van der Waals surface area contributed by atoms with Crippen LogP contribution in [0.1, 0.15) is 39.0 Å². The molecular weight excluding hydrogens is 178 g/mol. The fourth-order valence-corrected chi connectivity index (χ4v) is 3.10. The zero-order valence-corrected chi connectivity index (χ0v) is 8.78. The molecule has 2 saturated heterocycles. The molecule has 14 heavy (non-hydrogen) atoms. The Morgan fingerprint density at radius 3 is 2.36 bits per heavy atom. The summed E-state index contributed by atoms with van der Waals surface area (Å²) in [5.74, 6) is -0.654. The summed E-state index contributed by atoms with van der Waals surface area (Å²) >= 11 is 0. The minimum Gasteiger partial charge on any atom is -0.481 e. The van der Waals surface area contributed by atoms with E-state index < -0.39 is 5.97 Å². The highest BCUT2D eigenvalue weighted by molar-refractivity contribution is 5.70. The van der Waals surface area contributed by atoms with Crippen LogP contribution in [0.4, 0.5) is 0 Å². The van der Waals surface area contributed by atoms with E-state index in [2.05, 4.69) is 11.8 Å². The Bertz CT molecular complexity index is 215. The Balaban J connectivity index is 2.01. The van der Waals surface area contributed by atoms with Crippen molar-refractivity contribution in [2.75, 3.05) is 6.54 Å². The number of carboxylic acid groups (broad SMARTS) is 1. The second-order valence-corrected chi connectivity index (χ2v) is 4.63. The highest BCUT2D eigenvalue weighted by Gasteiger charge is 2.42. The number of rotatable bonds is 3. The number of hydrogen-bond acceptors (Lipinski definition) is 2. The molecule has 1 N–H and O–H groups in total. The molecule has 0 aromatic rings. The van der Waals surface area contributed by atoms with Gasteiger partial charge in [0.2, 0.25) is 0 Å². The van der Waals surface area contributed by atoms with Crippen LogP contribution >= 0.6 is 0 Å².